The Morgan fingerprint density at radius 3 is 2.00 bits per heavy atom. The number of rotatable bonds is 17. The first-order valence-corrected chi connectivity index (χ1v) is 11.4. The van der Waals surface area contributed by atoms with Crippen molar-refractivity contribution in [3.05, 3.63) is 24.6 Å². The first kappa shape index (κ1) is 23.1. The molecule has 2 atom stereocenters. The molecule has 0 aromatic heterocycles. The average Bonchev–Trinajstić information content (AvgIpc) is 3.10. The van der Waals surface area contributed by atoms with Crippen LogP contribution in [-0.2, 0) is 0 Å². The van der Waals surface area contributed by atoms with Crippen LogP contribution in [-0.4, -0.2) is 17.2 Å². The predicted octanol–water partition coefficient (Wildman–Crippen LogP) is 6.42. The van der Waals surface area contributed by atoms with Gasteiger partial charge in [0, 0.05) is 12.4 Å². The maximum atomic E-state index is 5.98. The molecule has 1 heterocycles. The number of hydrogen-bond donors (Lipinski definition) is 2. The van der Waals surface area contributed by atoms with Crippen molar-refractivity contribution < 1.29 is 0 Å². The van der Waals surface area contributed by atoms with Crippen molar-refractivity contribution >= 4 is 0 Å². The standard InChI is InChI=1S/C23H45N3/c1-3-4-5-6-7-8-9-10-11-12-13-14-15-16-17-18-19-23-25-20-21-26(23)22(2)24/h8-9,20-23,25H,3-7,10-19,24H2,1-2H3/b9-8+. The molecular weight excluding hydrogens is 318 g/mol. The minimum atomic E-state index is 0.0992. The summed E-state index contributed by atoms with van der Waals surface area (Å²) in [6.45, 7) is 4.32. The van der Waals surface area contributed by atoms with Gasteiger partial charge < -0.3 is 16.0 Å². The zero-order valence-electron chi connectivity index (χ0n) is 17.6. The molecule has 0 aromatic carbocycles. The van der Waals surface area contributed by atoms with Gasteiger partial charge in [-0.15, -0.1) is 0 Å². The molecular formula is C23H45N3. The number of hydrogen-bond acceptors (Lipinski definition) is 3. The monoisotopic (exact) mass is 363 g/mol. The lowest BCUT2D eigenvalue weighted by Gasteiger charge is -2.28. The molecule has 1 rings (SSSR count). The Morgan fingerprint density at radius 1 is 0.885 bits per heavy atom. The lowest BCUT2D eigenvalue weighted by molar-refractivity contribution is 0.208. The first-order valence-electron chi connectivity index (χ1n) is 11.4. The third-order valence-corrected chi connectivity index (χ3v) is 5.35. The highest BCUT2D eigenvalue weighted by Crippen LogP contribution is 2.16. The molecule has 1 aliphatic heterocycles. The van der Waals surface area contributed by atoms with Crippen molar-refractivity contribution in [1.82, 2.24) is 10.2 Å². The zero-order chi connectivity index (χ0) is 18.9. The van der Waals surface area contributed by atoms with E-state index in [1.54, 1.807) is 0 Å². The topological polar surface area (TPSA) is 41.3 Å². The molecule has 152 valence electrons. The van der Waals surface area contributed by atoms with Crippen molar-refractivity contribution in [1.29, 1.82) is 0 Å². The smallest absolute Gasteiger partial charge is 0.0995 e. The van der Waals surface area contributed by atoms with E-state index >= 15 is 0 Å². The van der Waals surface area contributed by atoms with Crippen LogP contribution >= 0.6 is 0 Å². The van der Waals surface area contributed by atoms with Crippen LogP contribution in [0.4, 0.5) is 0 Å². The Labute approximate surface area is 163 Å². The molecule has 3 heteroatoms. The van der Waals surface area contributed by atoms with Gasteiger partial charge in [0.05, 0.1) is 12.3 Å². The van der Waals surface area contributed by atoms with Gasteiger partial charge in [-0.1, -0.05) is 76.9 Å². The highest BCUT2D eigenvalue weighted by molar-refractivity contribution is 4.95. The van der Waals surface area contributed by atoms with E-state index in [0.29, 0.717) is 6.17 Å². The predicted molar refractivity (Wildman–Crippen MR) is 116 cm³/mol. The van der Waals surface area contributed by atoms with Crippen LogP contribution in [0.15, 0.2) is 24.6 Å². The van der Waals surface area contributed by atoms with Gasteiger partial charge in [0.15, 0.2) is 0 Å². The maximum absolute atomic E-state index is 5.98. The Morgan fingerprint density at radius 2 is 1.42 bits per heavy atom. The summed E-state index contributed by atoms with van der Waals surface area (Å²) < 4.78 is 0. The molecule has 0 amide bonds. The van der Waals surface area contributed by atoms with Gasteiger partial charge in [-0.25, -0.2) is 0 Å². The van der Waals surface area contributed by atoms with E-state index in [9.17, 15) is 0 Å². The second-order valence-corrected chi connectivity index (χ2v) is 7.91. The van der Waals surface area contributed by atoms with E-state index in [1.807, 2.05) is 13.1 Å². The summed E-state index contributed by atoms with van der Waals surface area (Å²) >= 11 is 0. The van der Waals surface area contributed by atoms with Crippen LogP contribution in [0.5, 0.6) is 0 Å². The molecule has 3 nitrogen and oxygen atoms in total. The third-order valence-electron chi connectivity index (χ3n) is 5.35. The molecule has 0 saturated carbocycles. The van der Waals surface area contributed by atoms with Gasteiger partial charge in [-0.2, -0.15) is 0 Å². The highest BCUT2D eigenvalue weighted by atomic mass is 15.3. The summed E-state index contributed by atoms with van der Waals surface area (Å²) in [6.07, 6.45) is 29.7. The fourth-order valence-electron chi connectivity index (χ4n) is 3.67. The van der Waals surface area contributed by atoms with Crippen LogP contribution < -0.4 is 11.1 Å². The minimum Gasteiger partial charge on any atom is -0.370 e. The van der Waals surface area contributed by atoms with E-state index in [4.69, 9.17) is 5.73 Å². The Bertz CT molecular complexity index is 362. The number of unbranched alkanes of at least 4 members (excludes halogenated alkanes) is 12. The number of allylic oxidation sites excluding steroid dienone is 2. The van der Waals surface area contributed by atoms with Crippen LogP contribution in [0.1, 0.15) is 110 Å². The lowest BCUT2D eigenvalue weighted by atomic mass is 10.1. The number of nitrogens with zero attached hydrogens (tertiary/aromatic N) is 1. The molecule has 0 spiro atoms. The number of nitrogens with two attached hydrogens (primary N) is 1. The quantitative estimate of drug-likeness (QED) is 0.231. The van der Waals surface area contributed by atoms with Gasteiger partial charge in [0.2, 0.25) is 0 Å². The molecule has 1 aliphatic rings. The summed E-state index contributed by atoms with van der Waals surface area (Å²) in [7, 11) is 0. The second-order valence-electron chi connectivity index (χ2n) is 7.91. The fraction of sp³-hybridized carbons (Fsp3) is 0.826. The maximum Gasteiger partial charge on any atom is 0.0995 e. The number of nitrogens with one attached hydrogen (secondary N) is 1. The summed E-state index contributed by atoms with van der Waals surface area (Å²) in [5.41, 5.74) is 5.98. The molecule has 0 fully saturated rings. The summed E-state index contributed by atoms with van der Waals surface area (Å²) in [6, 6.07) is 0. The van der Waals surface area contributed by atoms with Crippen LogP contribution in [0.3, 0.4) is 0 Å². The zero-order valence-corrected chi connectivity index (χ0v) is 17.6. The largest absolute Gasteiger partial charge is 0.370 e. The molecule has 2 unspecified atom stereocenters. The van der Waals surface area contributed by atoms with Crippen molar-refractivity contribution in [3.8, 4) is 0 Å². The van der Waals surface area contributed by atoms with Gasteiger partial charge in [-0.05, 0) is 45.4 Å². The summed E-state index contributed by atoms with van der Waals surface area (Å²) in [4.78, 5) is 2.22. The summed E-state index contributed by atoms with van der Waals surface area (Å²) in [5.74, 6) is 0. The van der Waals surface area contributed by atoms with E-state index in [0.717, 1.165) is 0 Å². The Balaban J connectivity index is 1.79. The van der Waals surface area contributed by atoms with Crippen LogP contribution in [0.25, 0.3) is 0 Å². The van der Waals surface area contributed by atoms with Crippen molar-refractivity contribution in [2.24, 2.45) is 5.73 Å². The third kappa shape index (κ3) is 11.6. The van der Waals surface area contributed by atoms with Gasteiger partial charge >= 0.3 is 0 Å². The van der Waals surface area contributed by atoms with Crippen molar-refractivity contribution in [2.75, 3.05) is 0 Å². The molecule has 0 radical (unpaired) electrons. The molecule has 0 aliphatic carbocycles. The lowest BCUT2D eigenvalue weighted by Crippen LogP contribution is -2.44. The van der Waals surface area contributed by atoms with E-state index in [-0.39, 0.29) is 6.17 Å². The van der Waals surface area contributed by atoms with Crippen molar-refractivity contribution in [3.63, 3.8) is 0 Å². The van der Waals surface area contributed by atoms with Crippen molar-refractivity contribution in [2.45, 2.75) is 122 Å². The van der Waals surface area contributed by atoms with E-state index < -0.39 is 0 Å². The van der Waals surface area contributed by atoms with E-state index in [2.05, 4.69) is 35.5 Å². The minimum absolute atomic E-state index is 0.0992. The molecule has 0 aromatic rings. The van der Waals surface area contributed by atoms with E-state index in [1.165, 1.54) is 96.3 Å². The average molecular weight is 364 g/mol. The molecule has 3 N–H and O–H groups in total. The molecule has 26 heavy (non-hydrogen) atoms. The van der Waals surface area contributed by atoms with Crippen LogP contribution in [0, 0.1) is 0 Å². The fourth-order valence-corrected chi connectivity index (χ4v) is 3.67. The van der Waals surface area contributed by atoms with Gasteiger partial charge in [0.1, 0.15) is 0 Å². The second kappa shape index (κ2) is 16.2. The first-order chi connectivity index (χ1) is 12.8. The van der Waals surface area contributed by atoms with Gasteiger partial charge in [0.25, 0.3) is 0 Å². The summed E-state index contributed by atoms with van der Waals surface area (Å²) in [5, 5.41) is 3.40. The normalized spacial score (nSPS) is 18.0. The van der Waals surface area contributed by atoms with Crippen LogP contribution in [0.2, 0.25) is 0 Å². The molecule has 0 saturated heterocycles. The Kier molecular flexibility index (Phi) is 14.4. The SMILES string of the molecule is CCCCCC/C=C/CCCCCCCCCCC1NC=CN1C(C)N. The molecule has 0 bridgehead atoms. The van der Waals surface area contributed by atoms with Gasteiger partial charge in [-0.3, -0.25) is 0 Å². The highest BCUT2D eigenvalue weighted by Gasteiger charge is 2.20. The Hall–Kier alpha value is -0.960.